The number of rotatable bonds is 7. The second-order valence-electron chi connectivity index (χ2n) is 3.25. The largest absolute Gasteiger partial charge is 0.461 e. The number of carbonyl (C=O) groups is 2. The number of hydrogen-bond acceptors (Lipinski definition) is 6. The van der Waals surface area contributed by atoms with Crippen molar-refractivity contribution in [3.8, 4) is 0 Å². The number of alkyl halides is 2. The molecule has 1 atom stereocenters. The van der Waals surface area contributed by atoms with Gasteiger partial charge in [-0.2, -0.15) is 8.78 Å². The molecule has 0 saturated carbocycles. The maximum atomic E-state index is 12.5. The maximum Gasteiger partial charge on any atom is 0.379 e. The van der Waals surface area contributed by atoms with E-state index >= 15 is 0 Å². The van der Waals surface area contributed by atoms with Crippen molar-refractivity contribution in [3.05, 3.63) is 12.7 Å². The van der Waals surface area contributed by atoms with Gasteiger partial charge in [0.05, 0.1) is 6.61 Å². The Balaban J connectivity index is 4.84. The first kappa shape index (κ1) is 16.9. The summed E-state index contributed by atoms with van der Waals surface area (Å²) in [6.07, 6.45) is 0.764. The summed E-state index contributed by atoms with van der Waals surface area (Å²) in [5.74, 6) is -4.38. The van der Waals surface area contributed by atoms with Gasteiger partial charge in [0.1, 0.15) is 6.61 Å². The second kappa shape index (κ2) is 6.69. The van der Waals surface area contributed by atoms with Gasteiger partial charge in [-0.1, -0.05) is 6.58 Å². The molecule has 0 N–H and O–H groups in total. The SMILES string of the molecule is C=CC(=O)OC(C)(OCC(F)(F)S)C(=O)OCC. The number of thiol groups is 1. The van der Waals surface area contributed by atoms with Gasteiger partial charge in [-0.05, 0) is 6.92 Å². The Labute approximate surface area is 108 Å². The molecule has 0 aliphatic carbocycles. The van der Waals surface area contributed by atoms with Gasteiger partial charge in [-0.3, -0.25) is 0 Å². The van der Waals surface area contributed by atoms with Crippen LogP contribution >= 0.6 is 12.6 Å². The molecular formula is C10H14F2O5S. The lowest BCUT2D eigenvalue weighted by Crippen LogP contribution is -2.46. The predicted octanol–water partition coefficient (Wildman–Crippen LogP) is 1.53. The zero-order valence-electron chi connectivity index (χ0n) is 9.94. The molecule has 0 radical (unpaired) electrons. The fourth-order valence-corrected chi connectivity index (χ4v) is 0.915. The molecule has 0 aliphatic rings. The molecule has 0 aromatic rings. The highest BCUT2D eigenvalue weighted by atomic mass is 32.1. The van der Waals surface area contributed by atoms with Crippen molar-refractivity contribution in [1.29, 1.82) is 0 Å². The minimum atomic E-state index is -3.48. The second-order valence-corrected chi connectivity index (χ2v) is 3.90. The van der Waals surface area contributed by atoms with Crippen LogP contribution in [0.4, 0.5) is 8.78 Å². The fraction of sp³-hybridized carbons (Fsp3) is 0.600. The van der Waals surface area contributed by atoms with Crippen molar-refractivity contribution < 1.29 is 32.6 Å². The van der Waals surface area contributed by atoms with Crippen LogP contribution in [0.5, 0.6) is 0 Å². The Bertz CT molecular complexity index is 329. The Hall–Kier alpha value is -1.15. The normalized spacial score (nSPS) is 14.5. The highest BCUT2D eigenvalue weighted by Gasteiger charge is 2.42. The zero-order chi connectivity index (χ0) is 14.4. The summed E-state index contributed by atoms with van der Waals surface area (Å²) in [4.78, 5) is 22.5. The summed E-state index contributed by atoms with van der Waals surface area (Å²) in [5.41, 5.74) is 0. The van der Waals surface area contributed by atoms with Crippen LogP contribution < -0.4 is 0 Å². The zero-order valence-corrected chi connectivity index (χ0v) is 10.8. The van der Waals surface area contributed by atoms with Crippen molar-refractivity contribution in [3.63, 3.8) is 0 Å². The first-order chi connectivity index (χ1) is 8.14. The molecule has 18 heavy (non-hydrogen) atoms. The first-order valence-electron chi connectivity index (χ1n) is 4.91. The topological polar surface area (TPSA) is 61.8 Å². The molecule has 0 spiro atoms. The monoisotopic (exact) mass is 284 g/mol. The summed E-state index contributed by atoms with van der Waals surface area (Å²) in [6, 6.07) is 0. The maximum absolute atomic E-state index is 12.5. The van der Waals surface area contributed by atoms with Gasteiger partial charge >= 0.3 is 23.0 Å². The van der Waals surface area contributed by atoms with E-state index < -0.39 is 29.6 Å². The molecule has 0 aliphatic heterocycles. The molecule has 5 nitrogen and oxygen atoms in total. The van der Waals surface area contributed by atoms with Crippen molar-refractivity contribution in [2.45, 2.75) is 24.9 Å². The van der Waals surface area contributed by atoms with E-state index in [4.69, 9.17) is 0 Å². The molecular weight excluding hydrogens is 270 g/mol. The predicted molar refractivity (Wildman–Crippen MR) is 61.2 cm³/mol. The third kappa shape index (κ3) is 5.97. The Morgan fingerprint density at radius 3 is 2.39 bits per heavy atom. The van der Waals surface area contributed by atoms with Crippen LogP contribution in [0.3, 0.4) is 0 Å². The van der Waals surface area contributed by atoms with Gasteiger partial charge in [0.25, 0.3) is 0 Å². The number of halogens is 2. The van der Waals surface area contributed by atoms with Crippen LogP contribution in [0.15, 0.2) is 12.7 Å². The van der Waals surface area contributed by atoms with E-state index in [-0.39, 0.29) is 6.61 Å². The van der Waals surface area contributed by atoms with E-state index in [1.807, 2.05) is 0 Å². The van der Waals surface area contributed by atoms with Gasteiger partial charge < -0.3 is 14.2 Å². The average molecular weight is 284 g/mol. The van der Waals surface area contributed by atoms with E-state index in [0.717, 1.165) is 13.0 Å². The van der Waals surface area contributed by atoms with Gasteiger partial charge in [-0.25, -0.2) is 9.59 Å². The molecule has 0 amide bonds. The molecule has 0 aromatic heterocycles. The van der Waals surface area contributed by atoms with Crippen LogP contribution in [-0.2, 0) is 23.8 Å². The molecule has 0 aromatic carbocycles. The average Bonchev–Trinajstić information content (AvgIpc) is 2.25. The molecule has 0 fully saturated rings. The Morgan fingerprint density at radius 2 is 2.00 bits per heavy atom. The smallest absolute Gasteiger partial charge is 0.379 e. The van der Waals surface area contributed by atoms with Crippen LogP contribution in [0.2, 0.25) is 0 Å². The van der Waals surface area contributed by atoms with Gasteiger partial charge in [0, 0.05) is 13.0 Å². The van der Waals surface area contributed by atoms with Gasteiger partial charge in [-0.15, -0.1) is 12.6 Å². The fourth-order valence-electron chi connectivity index (χ4n) is 0.850. The van der Waals surface area contributed by atoms with Crippen molar-refractivity contribution in [2.75, 3.05) is 13.2 Å². The summed E-state index contributed by atoms with van der Waals surface area (Å²) in [5, 5.41) is -3.48. The molecule has 0 heterocycles. The minimum Gasteiger partial charge on any atom is -0.461 e. The van der Waals surface area contributed by atoms with Crippen LogP contribution in [0.25, 0.3) is 0 Å². The van der Waals surface area contributed by atoms with Crippen LogP contribution in [0.1, 0.15) is 13.8 Å². The van der Waals surface area contributed by atoms with E-state index in [9.17, 15) is 18.4 Å². The first-order valence-corrected chi connectivity index (χ1v) is 5.36. The lowest BCUT2D eigenvalue weighted by molar-refractivity contribution is -0.243. The van der Waals surface area contributed by atoms with Crippen molar-refractivity contribution in [2.24, 2.45) is 0 Å². The highest BCUT2D eigenvalue weighted by molar-refractivity contribution is 7.81. The summed E-state index contributed by atoms with van der Waals surface area (Å²) < 4.78 is 38.8. The molecule has 1 unspecified atom stereocenters. The van der Waals surface area contributed by atoms with E-state index in [1.165, 1.54) is 6.92 Å². The number of esters is 2. The Kier molecular flexibility index (Phi) is 6.27. The lowest BCUT2D eigenvalue weighted by Gasteiger charge is -2.27. The number of carbonyl (C=O) groups excluding carboxylic acids is 2. The minimum absolute atomic E-state index is 0.0271. The number of hydrogen-bond donors (Lipinski definition) is 1. The van der Waals surface area contributed by atoms with Crippen molar-refractivity contribution >= 4 is 24.6 Å². The quantitative estimate of drug-likeness (QED) is 0.332. The third-order valence-electron chi connectivity index (χ3n) is 1.63. The molecule has 0 rings (SSSR count). The summed E-state index contributed by atoms with van der Waals surface area (Å²) in [6.45, 7) is 4.35. The van der Waals surface area contributed by atoms with E-state index in [2.05, 4.69) is 33.4 Å². The molecule has 104 valence electrons. The highest BCUT2D eigenvalue weighted by Crippen LogP contribution is 2.23. The molecule has 8 heteroatoms. The number of ether oxygens (including phenoxy) is 3. The van der Waals surface area contributed by atoms with Crippen LogP contribution in [0, 0.1) is 0 Å². The van der Waals surface area contributed by atoms with E-state index in [0.29, 0.717) is 0 Å². The van der Waals surface area contributed by atoms with Gasteiger partial charge in [0.15, 0.2) is 0 Å². The Morgan fingerprint density at radius 1 is 1.44 bits per heavy atom. The van der Waals surface area contributed by atoms with Gasteiger partial charge in [0.2, 0.25) is 0 Å². The van der Waals surface area contributed by atoms with Crippen LogP contribution in [-0.4, -0.2) is 36.2 Å². The summed E-state index contributed by atoms with van der Waals surface area (Å²) in [7, 11) is 0. The summed E-state index contributed by atoms with van der Waals surface area (Å²) >= 11 is 2.93. The van der Waals surface area contributed by atoms with Crippen molar-refractivity contribution in [1.82, 2.24) is 0 Å². The van der Waals surface area contributed by atoms with E-state index in [1.54, 1.807) is 0 Å². The third-order valence-corrected chi connectivity index (χ3v) is 1.76. The molecule has 0 bridgehead atoms. The molecule has 0 saturated heterocycles. The standard InChI is InChI=1S/C10H14F2O5S/c1-4-7(13)17-9(3,8(14)15-5-2)16-6-10(11,12)18/h4,18H,1,5-6H2,2-3H3. The lowest BCUT2D eigenvalue weighted by atomic mass is 10.3.